The van der Waals surface area contributed by atoms with Crippen LogP contribution in [-0.4, -0.2) is 44.1 Å². The fourth-order valence-electron chi connectivity index (χ4n) is 2.08. The average molecular weight is 394 g/mol. The molecule has 0 fully saturated rings. The van der Waals surface area contributed by atoms with Crippen molar-refractivity contribution in [3.8, 4) is 5.88 Å². The lowest BCUT2D eigenvalue weighted by molar-refractivity contribution is 0.0521. The van der Waals surface area contributed by atoms with E-state index in [0.717, 1.165) is 0 Å². The highest BCUT2D eigenvalue weighted by Crippen LogP contribution is 2.17. The first-order valence-corrected chi connectivity index (χ1v) is 9.24. The van der Waals surface area contributed by atoms with Gasteiger partial charge in [0.1, 0.15) is 4.90 Å². The Morgan fingerprint density at radius 3 is 2.56 bits per heavy atom. The number of carbonyl (C=O) groups excluding carboxylic acids is 2. The number of esters is 1. The van der Waals surface area contributed by atoms with E-state index in [4.69, 9.17) is 9.47 Å². The smallest absolute Gasteiger partial charge is 0.339 e. The molecule has 2 rings (SSSR count). The number of anilines is 1. The molecule has 0 saturated carbocycles. The molecule has 0 aliphatic heterocycles. The molecule has 2 N–H and O–H groups in total. The van der Waals surface area contributed by atoms with Crippen molar-refractivity contribution in [2.45, 2.75) is 18.7 Å². The first kappa shape index (κ1) is 20.1. The fraction of sp³-hybridized carbons (Fsp3) is 0.250. The van der Waals surface area contributed by atoms with Crippen molar-refractivity contribution >= 4 is 28.0 Å². The van der Waals surface area contributed by atoms with Gasteiger partial charge in [-0.15, -0.1) is 0 Å². The monoisotopic (exact) mass is 394 g/mol. The molecule has 0 atom stereocenters. The topological polar surface area (TPSA) is 137 Å². The van der Waals surface area contributed by atoms with Crippen molar-refractivity contribution in [3.63, 3.8) is 0 Å². The Morgan fingerprint density at radius 1 is 1.19 bits per heavy atom. The van der Waals surface area contributed by atoms with Crippen LogP contribution in [0.3, 0.4) is 0 Å². The highest BCUT2D eigenvalue weighted by molar-refractivity contribution is 7.90. The summed E-state index contributed by atoms with van der Waals surface area (Å²) < 4.78 is 36.6. The molecule has 27 heavy (non-hydrogen) atoms. The van der Waals surface area contributed by atoms with Crippen molar-refractivity contribution in [3.05, 3.63) is 41.6 Å². The molecule has 0 bridgehead atoms. The summed E-state index contributed by atoms with van der Waals surface area (Å²) in [7, 11) is -2.96. The third kappa shape index (κ3) is 5.14. The van der Waals surface area contributed by atoms with E-state index in [2.05, 4.69) is 15.3 Å². The Balaban J connectivity index is 2.23. The van der Waals surface area contributed by atoms with Gasteiger partial charge in [0.2, 0.25) is 11.8 Å². The van der Waals surface area contributed by atoms with E-state index in [0.29, 0.717) is 5.69 Å². The lowest BCUT2D eigenvalue weighted by Crippen LogP contribution is -2.35. The van der Waals surface area contributed by atoms with Crippen molar-refractivity contribution in [1.29, 1.82) is 0 Å². The molecule has 0 unspecified atom stereocenters. The summed E-state index contributed by atoms with van der Waals surface area (Å²) in [6.45, 7) is 3.32. The number of carbonyl (C=O) groups is 2. The lowest BCUT2D eigenvalue weighted by atomic mass is 10.2. The van der Waals surface area contributed by atoms with Crippen molar-refractivity contribution in [1.82, 2.24) is 14.7 Å². The van der Waals surface area contributed by atoms with Crippen LogP contribution >= 0.6 is 0 Å². The summed E-state index contributed by atoms with van der Waals surface area (Å²) in [4.78, 5) is 31.5. The normalized spacial score (nSPS) is 10.8. The maximum Gasteiger partial charge on any atom is 0.339 e. The van der Waals surface area contributed by atoms with Gasteiger partial charge in [-0.25, -0.2) is 27.7 Å². The van der Waals surface area contributed by atoms with Gasteiger partial charge in [0.15, 0.2) is 0 Å². The number of methoxy groups -OCH3 is 1. The summed E-state index contributed by atoms with van der Waals surface area (Å²) >= 11 is 0. The van der Waals surface area contributed by atoms with Gasteiger partial charge < -0.3 is 9.47 Å². The van der Waals surface area contributed by atoms with E-state index in [1.807, 2.05) is 4.72 Å². The predicted octanol–water partition coefficient (Wildman–Crippen LogP) is 1.48. The van der Waals surface area contributed by atoms with E-state index < -0.39 is 22.0 Å². The second-order valence-electron chi connectivity index (χ2n) is 5.15. The SMILES string of the molecule is CCOC(=O)c1ccccc1S(=O)(=O)NC(=O)Nc1nc(C)cc(OC)n1. The molecule has 0 spiro atoms. The van der Waals surface area contributed by atoms with Crippen LogP contribution in [0.15, 0.2) is 35.2 Å². The number of amides is 2. The maximum atomic E-state index is 12.5. The first-order chi connectivity index (χ1) is 12.8. The fourth-order valence-corrected chi connectivity index (χ4v) is 3.19. The van der Waals surface area contributed by atoms with E-state index in [1.54, 1.807) is 13.8 Å². The van der Waals surface area contributed by atoms with Gasteiger partial charge in [-0.1, -0.05) is 12.1 Å². The number of sulfonamides is 1. The predicted molar refractivity (Wildman–Crippen MR) is 95.1 cm³/mol. The molecule has 2 amide bonds. The lowest BCUT2D eigenvalue weighted by Gasteiger charge is -2.11. The number of benzene rings is 1. The summed E-state index contributed by atoms with van der Waals surface area (Å²) in [5, 5.41) is 2.21. The molecule has 0 radical (unpaired) electrons. The van der Waals surface area contributed by atoms with Crippen LogP contribution in [0.1, 0.15) is 23.0 Å². The highest BCUT2D eigenvalue weighted by atomic mass is 32.2. The number of urea groups is 1. The molecule has 0 aliphatic carbocycles. The Labute approximate surface area is 156 Å². The molecule has 0 aliphatic rings. The van der Waals surface area contributed by atoms with Crippen molar-refractivity contribution in [2.75, 3.05) is 19.0 Å². The quantitative estimate of drug-likeness (QED) is 0.703. The van der Waals surface area contributed by atoms with Crippen molar-refractivity contribution < 1.29 is 27.5 Å². The standard InChI is InChI=1S/C16H18N4O6S/c1-4-26-14(21)11-7-5-6-8-12(11)27(23,24)20-16(22)19-15-17-10(2)9-13(18-15)25-3/h5-9H,4H2,1-3H3,(H2,17,18,19,20,22). The van der Waals surface area contributed by atoms with Crippen LogP contribution in [0, 0.1) is 6.92 Å². The maximum absolute atomic E-state index is 12.5. The molecule has 144 valence electrons. The van der Waals surface area contributed by atoms with E-state index in [9.17, 15) is 18.0 Å². The Hall–Kier alpha value is -3.21. The minimum atomic E-state index is -4.35. The van der Waals surface area contributed by atoms with Gasteiger partial charge in [-0.05, 0) is 26.0 Å². The molecule has 11 heteroatoms. The summed E-state index contributed by atoms with van der Waals surface area (Å²) in [5.74, 6) is -0.753. The first-order valence-electron chi connectivity index (χ1n) is 7.76. The second-order valence-corrected chi connectivity index (χ2v) is 6.80. The van der Waals surface area contributed by atoms with Crippen LogP contribution in [0.4, 0.5) is 10.7 Å². The minimum absolute atomic E-state index is 0.0770. The van der Waals surface area contributed by atoms with Crippen LogP contribution in [0.2, 0.25) is 0 Å². The number of hydrogen-bond donors (Lipinski definition) is 2. The van der Waals surface area contributed by atoms with Gasteiger partial charge >= 0.3 is 12.0 Å². The summed E-state index contributed by atoms with van der Waals surface area (Å²) in [6, 6.07) is 5.83. The van der Waals surface area contributed by atoms with Crippen LogP contribution < -0.4 is 14.8 Å². The number of nitrogens with one attached hydrogen (secondary N) is 2. The molecule has 2 aromatic rings. The molecule has 0 saturated heterocycles. The third-order valence-corrected chi connectivity index (χ3v) is 4.55. The Bertz CT molecular complexity index is 961. The second kappa shape index (κ2) is 8.45. The van der Waals surface area contributed by atoms with Gasteiger partial charge in [0.05, 0.1) is 19.3 Å². The Morgan fingerprint density at radius 2 is 1.89 bits per heavy atom. The van der Waals surface area contributed by atoms with Crippen LogP contribution in [-0.2, 0) is 14.8 Å². The molecular weight excluding hydrogens is 376 g/mol. The van der Waals surface area contributed by atoms with E-state index >= 15 is 0 Å². The molecule has 1 aromatic heterocycles. The van der Waals surface area contributed by atoms with E-state index in [1.165, 1.54) is 37.4 Å². The number of hydrogen-bond acceptors (Lipinski definition) is 8. The molecule has 1 heterocycles. The minimum Gasteiger partial charge on any atom is -0.481 e. The van der Waals surface area contributed by atoms with Crippen molar-refractivity contribution in [2.24, 2.45) is 0 Å². The zero-order valence-corrected chi connectivity index (χ0v) is 15.7. The number of aromatic nitrogens is 2. The highest BCUT2D eigenvalue weighted by Gasteiger charge is 2.25. The van der Waals surface area contributed by atoms with Gasteiger partial charge in [0, 0.05) is 11.8 Å². The third-order valence-electron chi connectivity index (χ3n) is 3.16. The summed E-state index contributed by atoms with van der Waals surface area (Å²) in [5.41, 5.74) is 0.320. The zero-order valence-electron chi connectivity index (χ0n) is 14.8. The number of nitrogens with zero attached hydrogens (tertiary/aromatic N) is 2. The van der Waals surface area contributed by atoms with Gasteiger partial charge in [0.25, 0.3) is 10.0 Å². The number of ether oxygens (including phenoxy) is 2. The number of rotatable bonds is 6. The van der Waals surface area contributed by atoms with Gasteiger partial charge in [-0.3, -0.25) is 5.32 Å². The summed E-state index contributed by atoms with van der Waals surface area (Å²) in [6.07, 6.45) is 0. The van der Waals surface area contributed by atoms with E-state index in [-0.39, 0.29) is 28.9 Å². The molecule has 10 nitrogen and oxygen atoms in total. The Kier molecular flexibility index (Phi) is 6.29. The largest absolute Gasteiger partial charge is 0.481 e. The zero-order chi connectivity index (χ0) is 20.0. The van der Waals surface area contributed by atoms with Crippen LogP contribution in [0.25, 0.3) is 0 Å². The van der Waals surface area contributed by atoms with Crippen LogP contribution in [0.5, 0.6) is 5.88 Å². The molecular formula is C16H18N4O6S. The average Bonchev–Trinajstić information content (AvgIpc) is 2.60. The number of aryl methyl sites for hydroxylation is 1. The molecule has 1 aromatic carbocycles. The van der Waals surface area contributed by atoms with Gasteiger partial charge in [-0.2, -0.15) is 4.98 Å².